The topological polar surface area (TPSA) is 68.0 Å². The first-order valence-corrected chi connectivity index (χ1v) is 8.82. The highest BCUT2D eigenvalue weighted by Crippen LogP contribution is 2.39. The minimum absolute atomic E-state index is 0.114. The van der Waals surface area contributed by atoms with Gasteiger partial charge in [-0.25, -0.2) is 4.98 Å². The van der Waals surface area contributed by atoms with Crippen LogP contribution >= 0.6 is 0 Å². The summed E-state index contributed by atoms with van der Waals surface area (Å²) in [5, 5.41) is 12.3. The second kappa shape index (κ2) is 6.22. The first-order chi connectivity index (χ1) is 12.9. The Kier molecular flexibility index (Phi) is 3.59. The lowest BCUT2D eigenvalue weighted by atomic mass is 10.0. The number of anilines is 1. The van der Waals surface area contributed by atoms with Crippen LogP contribution in [0.3, 0.4) is 0 Å². The zero-order chi connectivity index (χ0) is 17.3. The van der Waals surface area contributed by atoms with E-state index in [4.69, 9.17) is 0 Å². The third-order valence-electron chi connectivity index (χ3n) is 4.69. The Morgan fingerprint density at radius 3 is 2.54 bits per heavy atom. The predicted octanol–water partition coefficient (Wildman–Crippen LogP) is 3.60. The summed E-state index contributed by atoms with van der Waals surface area (Å²) in [7, 11) is 0. The first-order valence-electron chi connectivity index (χ1n) is 8.82. The number of aromatic nitrogens is 5. The maximum absolute atomic E-state index is 4.54. The molecule has 1 fully saturated rings. The average molecular weight is 342 g/mol. The van der Waals surface area contributed by atoms with Gasteiger partial charge in [0, 0.05) is 24.5 Å². The maximum Gasteiger partial charge on any atom is 0.203 e. The number of hydrogen-bond donors (Lipinski definition) is 1. The molecule has 3 heterocycles. The summed E-state index contributed by atoms with van der Waals surface area (Å²) in [5.41, 5.74) is 2.81. The first kappa shape index (κ1) is 15.0. The summed E-state index contributed by atoms with van der Waals surface area (Å²) in [6.07, 6.45) is 7.92. The molecule has 1 atom stereocenters. The molecule has 0 bridgehead atoms. The van der Waals surface area contributed by atoms with Crippen LogP contribution in [-0.2, 0) is 0 Å². The Morgan fingerprint density at radius 2 is 1.77 bits per heavy atom. The van der Waals surface area contributed by atoms with Crippen molar-refractivity contribution in [3.05, 3.63) is 84.2 Å². The van der Waals surface area contributed by atoms with Crippen LogP contribution in [0.1, 0.15) is 41.9 Å². The molecular weight excluding hydrogens is 324 g/mol. The molecule has 0 spiro atoms. The van der Waals surface area contributed by atoms with Gasteiger partial charge in [0.15, 0.2) is 5.82 Å². The van der Waals surface area contributed by atoms with E-state index in [0.717, 1.165) is 22.7 Å². The maximum atomic E-state index is 4.54. The van der Waals surface area contributed by atoms with E-state index < -0.39 is 0 Å². The molecule has 1 aromatic carbocycles. The zero-order valence-electron chi connectivity index (χ0n) is 14.2. The van der Waals surface area contributed by atoms with Gasteiger partial charge in [0.05, 0.1) is 11.7 Å². The molecule has 1 aliphatic carbocycles. The molecule has 1 unspecified atom stereocenters. The third kappa shape index (κ3) is 2.69. The van der Waals surface area contributed by atoms with Crippen LogP contribution in [0.15, 0.2) is 67.1 Å². The van der Waals surface area contributed by atoms with E-state index in [1.54, 1.807) is 6.20 Å². The van der Waals surface area contributed by atoms with Crippen molar-refractivity contribution in [1.29, 1.82) is 0 Å². The third-order valence-corrected chi connectivity index (χ3v) is 4.69. The van der Waals surface area contributed by atoms with E-state index >= 15 is 0 Å². The largest absolute Gasteiger partial charge is 0.354 e. The fourth-order valence-electron chi connectivity index (χ4n) is 3.22. The smallest absolute Gasteiger partial charge is 0.203 e. The molecule has 0 aliphatic heterocycles. The number of rotatable bonds is 5. The SMILES string of the molecule is c1ccc(C(Nc2nccn3c(C4CC4)nnc23)c2ccccn2)cc1. The zero-order valence-corrected chi connectivity index (χ0v) is 14.2. The van der Waals surface area contributed by atoms with Crippen molar-refractivity contribution in [3.8, 4) is 0 Å². The normalized spacial score (nSPS) is 15.1. The van der Waals surface area contributed by atoms with Crippen molar-refractivity contribution >= 4 is 11.5 Å². The van der Waals surface area contributed by atoms with Crippen LogP contribution in [0, 0.1) is 0 Å². The summed E-state index contributed by atoms with van der Waals surface area (Å²) >= 11 is 0. The number of benzene rings is 1. The number of fused-ring (bicyclic) bond motifs is 1. The Bertz CT molecular complexity index is 985. The van der Waals surface area contributed by atoms with Gasteiger partial charge < -0.3 is 5.32 Å². The molecule has 0 amide bonds. The lowest BCUT2D eigenvalue weighted by Gasteiger charge is -2.19. The van der Waals surface area contributed by atoms with Crippen molar-refractivity contribution in [1.82, 2.24) is 24.6 Å². The Balaban J connectivity index is 1.58. The summed E-state index contributed by atoms with van der Waals surface area (Å²) in [5.74, 6) is 2.27. The number of hydrogen-bond acceptors (Lipinski definition) is 5. The van der Waals surface area contributed by atoms with E-state index in [-0.39, 0.29) is 6.04 Å². The molecule has 0 radical (unpaired) electrons. The molecule has 26 heavy (non-hydrogen) atoms. The Morgan fingerprint density at radius 1 is 0.923 bits per heavy atom. The van der Waals surface area contributed by atoms with E-state index in [0.29, 0.717) is 11.7 Å². The van der Waals surface area contributed by atoms with Crippen molar-refractivity contribution in [2.45, 2.75) is 24.8 Å². The number of pyridine rings is 1. The molecule has 4 aromatic rings. The molecule has 6 heteroatoms. The minimum atomic E-state index is -0.114. The highest BCUT2D eigenvalue weighted by molar-refractivity contribution is 5.64. The number of nitrogens with zero attached hydrogens (tertiary/aromatic N) is 5. The summed E-state index contributed by atoms with van der Waals surface area (Å²) < 4.78 is 2.05. The van der Waals surface area contributed by atoms with Gasteiger partial charge in [0.1, 0.15) is 5.82 Å². The lowest BCUT2D eigenvalue weighted by Crippen LogP contribution is -2.15. The van der Waals surface area contributed by atoms with E-state index in [1.807, 2.05) is 53.2 Å². The summed E-state index contributed by atoms with van der Waals surface area (Å²) in [4.78, 5) is 9.07. The average Bonchev–Trinajstić information content (AvgIpc) is 3.46. The molecule has 1 saturated carbocycles. The fraction of sp³-hybridized carbons (Fsp3) is 0.200. The molecule has 5 rings (SSSR count). The van der Waals surface area contributed by atoms with Gasteiger partial charge in [0.25, 0.3) is 0 Å². The van der Waals surface area contributed by atoms with Gasteiger partial charge in [-0.05, 0) is 30.5 Å². The van der Waals surface area contributed by atoms with Gasteiger partial charge in [0.2, 0.25) is 5.65 Å². The van der Waals surface area contributed by atoms with Gasteiger partial charge in [-0.15, -0.1) is 10.2 Å². The quantitative estimate of drug-likeness (QED) is 0.600. The van der Waals surface area contributed by atoms with Crippen molar-refractivity contribution in [2.75, 3.05) is 5.32 Å². The van der Waals surface area contributed by atoms with Gasteiger partial charge >= 0.3 is 0 Å². The van der Waals surface area contributed by atoms with Gasteiger partial charge in [-0.2, -0.15) is 0 Å². The monoisotopic (exact) mass is 342 g/mol. The van der Waals surface area contributed by atoms with Crippen molar-refractivity contribution in [3.63, 3.8) is 0 Å². The standard InChI is InChI=1S/C20H18N6/c1-2-6-14(7-3-1)17(16-8-4-5-11-21-16)23-18-20-25-24-19(15-9-10-15)26(20)13-12-22-18/h1-8,11-13,15,17H,9-10H2,(H,22,23). The molecule has 128 valence electrons. The van der Waals surface area contributed by atoms with Crippen LogP contribution in [0.4, 0.5) is 5.82 Å². The molecule has 6 nitrogen and oxygen atoms in total. The highest BCUT2D eigenvalue weighted by atomic mass is 15.3. The van der Waals surface area contributed by atoms with Gasteiger partial charge in [-0.1, -0.05) is 36.4 Å². The van der Waals surface area contributed by atoms with Crippen LogP contribution in [0.25, 0.3) is 5.65 Å². The molecular formula is C20H18N6. The minimum Gasteiger partial charge on any atom is -0.354 e. The summed E-state index contributed by atoms with van der Waals surface area (Å²) in [6.45, 7) is 0. The number of nitrogens with one attached hydrogen (secondary N) is 1. The van der Waals surface area contributed by atoms with Crippen LogP contribution in [-0.4, -0.2) is 24.6 Å². The molecule has 0 saturated heterocycles. The van der Waals surface area contributed by atoms with Crippen LogP contribution in [0.2, 0.25) is 0 Å². The van der Waals surface area contributed by atoms with E-state index in [9.17, 15) is 0 Å². The van der Waals surface area contributed by atoms with E-state index in [1.165, 1.54) is 12.8 Å². The molecule has 3 aromatic heterocycles. The van der Waals surface area contributed by atoms with Crippen molar-refractivity contribution < 1.29 is 0 Å². The van der Waals surface area contributed by atoms with Crippen LogP contribution < -0.4 is 5.32 Å². The lowest BCUT2D eigenvalue weighted by molar-refractivity contribution is 0.872. The van der Waals surface area contributed by atoms with Crippen LogP contribution in [0.5, 0.6) is 0 Å². The Labute approximate surface area is 151 Å². The molecule has 1 aliphatic rings. The fourth-order valence-corrected chi connectivity index (χ4v) is 3.22. The predicted molar refractivity (Wildman–Crippen MR) is 98.9 cm³/mol. The Hall–Kier alpha value is -3.28. The second-order valence-corrected chi connectivity index (χ2v) is 6.54. The molecule has 1 N–H and O–H groups in total. The van der Waals surface area contributed by atoms with E-state index in [2.05, 4.69) is 37.6 Å². The van der Waals surface area contributed by atoms with Crippen molar-refractivity contribution in [2.24, 2.45) is 0 Å². The summed E-state index contributed by atoms with van der Waals surface area (Å²) in [6, 6.07) is 16.1. The van der Waals surface area contributed by atoms with Gasteiger partial charge in [-0.3, -0.25) is 9.38 Å². The second-order valence-electron chi connectivity index (χ2n) is 6.54. The highest BCUT2D eigenvalue weighted by Gasteiger charge is 2.29.